The Morgan fingerprint density at radius 3 is 1.04 bits per heavy atom. The van der Waals surface area contributed by atoms with Gasteiger partial charge in [-0.25, -0.2) is 17.6 Å². The average Bonchev–Trinajstić information content (AvgIpc) is 2.47. The SMILES string of the molecule is CC(C)(Cc1ccc(CC(C)(C)C(F)(F)C(F)F)cc1)C(F)(F)C(F)F. The van der Waals surface area contributed by atoms with Gasteiger partial charge in [-0.05, 0) is 24.0 Å². The van der Waals surface area contributed by atoms with Gasteiger partial charge in [0.1, 0.15) is 0 Å². The van der Waals surface area contributed by atoms with E-state index in [0.717, 1.165) is 27.7 Å². The zero-order valence-corrected chi connectivity index (χ0v) is 14.9. The zero-order chi connectivity index (χ0) is 20.6. The van der Waals surface area contributed by atoms with Gasteiger partial charge in [0.05, 0.1) is 0 Å². The van der Waals surface area contributed by atoms with Crippen molar-refractivity contribution in [2.45, 2.75) is 65.2 Å². The van der Waals surface area contributed by atoms with E-state index in [0.29, 0.717) is 11.1 Å². The Kier molecular flexibility index (Phi) is 6.42. The number of halogens is 8. The van der Waals surface area contributed by atoms with E-state index < -0.39 is 35.5 Å². The number of benzene rings is 1. The van der Waals surface area contributed by atoms with Crippen LogP contribution in [0.25, 0.3) is 0 Å². The first-order chi connectivity index (χ1) is 11.5. The van der Waals surface area contributed by atoms with Crippen LogP contribution in [0.2, 0.25) is 0 Å². The highest BCUT2D eigenvalue weighted by Crippen LogP contribution is 2.44. The lowest BCUT2D eigenvalue weighted by atomic mass is 9.78. The molecule has 0 amide bonds. The van der Waals surface area contributed by atoms with Gasteiger partial charge in [-0.1, -0.05) is 52.0 Å². The molecule has 0 saturated heterocycles. The molecule has 0 aromatic heterocycles. The Balaban J connectivity index is 2.94. The second-order valence-corrected chi connectivity index (χ2v) is 7.79. The quantitative estimate of drug-likeness (QED) is 0.437. The first kappa shape index (κ1) is 22.7. The van der Waals surface area contributed by atoms with Gasteiger partial charge in [-0.3, -0.25) is 0 Å². The fourth-order valence-corrected chi connectivity index (χ4v) is 2.62. The Morgan fingerprint density at radius 1 is 0.615 bits per heavy atom. The van der Waals surface area contributed by atoms with Crippen molar-refractivity contribution < 1.29 is 35.1 Å². The van der Waals surface area contributed by atoms with Gasteiger partial charge in [-0.2, -0.15) is 17.6 Å². The van der Waals surface area contributed by atoms with E-state index in [2.05, 4.69) is 0 Å². The molecule has 0 unspecified atom stereocenters. The van der Waals surface area contributed by atoms with Crippen molar-refractivity contribution in [1.29, 1.82) is 0 Å². The van der Waals surface area contributed by atoms with Crippen LogP contribution in [-0.2, 0) is 12.8 Å². The Hall–Kier alpha value is -1.34. The van der Waals surface area contributed by atoms with Crippen molar-refractivity contribution in [3.8, 4) is 0 Å². The van der Waals surface area contributed by atoms with Gasteiger partial charge < -0.3 is 0 Å². The van der Waals surface area contributed by atoms with Crippen molar-refractivity contribution >= 4 is 0 Å². The molecule has 1 rings (SSSR count). The second-order valence-electron chi connectivity index (χ2n) is 7.79. The first-order valence-electron chi connectivity index (χ1n) is 7.94. The maximum atomic E-state index is 13.6. The molecule has 0 heterocycles. The summed E-state index contributed by atoms with van der Waals surface area (Å²) < 4.78 is 105. The van der Waals surface area contributed by atoms with E-state index in [1.54, 1.807) is 0 Å². The molecule has 0 spiro atoms. The molecular weight excluding hydrogens is 368 g/mol. The van der Waals surface area contributed by atoms with Crippen molar-refractivity contribution in [2.24, 2.45) is 10.8 Å². The monoisotopic (exact) mass is 390 g/mol. The maximum absolute atomic E-state index is 13.6. The molecule has 0 aliphatic heterocycles. The summed E-state index contributed by atoms with van der Waals surface area (Å²) in [5, 5.41) is 0. The predicted molar refractivity (Wildman–Crippen MR) is 83.3 cm³/mol. The molecule has 26 heavy (non-hydrogen) atoms. The van der Waals surface area contributed by atoms with Crippen molar-refractivity contribution in [1.82, 2.24) is 0 Å². The van der Waals surface area contributed by atoms with Crippen molar-refractivity contribution in [2.75, 3.05) is 0 Å². The third-order valence-corrected chi connectivity index (χ3v) is 4.67. The first-order valence-corrected chi connectivity index (χ1v) is 7.94. The van der Waals surface area contributed by atoms with E-state index in [1.807, 2.05) is 0 Å². The van der Waals surface area contributed by atoms with E-state index >= 15 is 0 Å². The van der Waals surface area contributed by atoms with Gasteiger partial charge in [0.25, 0.3) is 0 Å². The van der Waals surface area contributed by atoms with E-state index in [-0.39, 0.29) is 12.8 Å². The Bertz CT molecular complexity index is 535. The summed E-state index contributed by atoms with van der Waals surface area (Å²) in [7, 11) is 0. The van der Waals surface area contributed by atoms with Crippen LogP contribution in [0.1, 0.15) is 38.8 Å². The molecule has 0 N–H and O–H groups in total. The summed E-state index contributed by atoms with van der Waals surface area (Å²) in [5.74, 6) is -8.40. The zero-order valence-electron chi connectivity index (χ0n) is 14.9. The van der Waals surface area contributed by atoms with E-state index in [9.17, 15) is 35.1 Å². The van der Waals surface area contributed by atoms with E-state index in [4.69, 9.17) is 0 Å². The van der Waals surface area contributed by atoms with Crippen LogP contribution in [0.4, 0.5) is 35.1 Å². The molecule has 1 aromatic rings. The minimum Gasteiger partial charge on any atom is -0.204 e. The molecule has 8 heteroatoms. The van der Waals surface area contributed by atoms with Gasteiger partial charge in [0.15, 0.2) is 0 Å². The Labute approximate surface area is 147 Å². The van der Waals surface area contributed by atoms with Crippen LogP contribution in [0.15, 0.2) is 24.3 Å². The second kappa shape index (κ2) is 7.35. The lowest BCUT2D eigenvalue weighted by Gasteiger charge is -2.34. The third kappa shape index (κ3) is 4.49. The molecule has 0 aliphatic rings. The van der Waals surface area contributed by atoms with Crippen LogP contribution in [0.3, 0.4) is 0 Å². The van der Waals surface area contributed by atoms with Gasteiger partial charge in [0, 0.05) is 10.8 Å². The molecule has 0 atom stereocenters. The summed E-state index contributed by atoms with van der Waals surface area (Å²) in [4.78, 5) is 0. The summed E-state index contributed by atoms with van der Waals surface area (Å²) in [6, 6.07) is 5.43. The summed E-state index contributed by atoms with van der Waals surface area (Å²) >= 11 is 0. The topological polar surface area (TPSA) is 0 Å². The number of hydrogen-bond donors (Lipinski definition) is 0. The smallest absolute Gasteiger partial charge is 0.204 e. The van der Waals surface area contributed by atoms with Gasteiger partial charge in [-0.15, -0.1) is 0 Å². The van der Waals surface area contributed by atoms with Crippen LogP contribution in [0.5, 0.6) is 0 Å². The van der Waals surface area contributed by atoms with Crippen LogP contribution in [-0.4, -0.2) is 24.7 Å². The fourth-order valence-electron chi connectivity index (χ4n) is 2.62. The lowest BCUT2D eigenvalue weighted by molar-refractivity contribution is -0.196. The molecule has 0 fully saturated rings. The van der Waals surface area contributed by atoms with Crippen LogP contribution >= 0.6 is 0 Å². The van der Waals surface area contributed by atoms with Crippen LogP contribution < -0.4 is 0 Å². The number of rotatable bonds is 8. The molecule has 0 radical (unpaired) electrons. The summed E-state index contributed by atoms with van der Waals surface area (Å²) in [6.07, 6.45) is -8.34. The molecule has 0 nitrogen and oxygen atoms in total. The molecule has 150 valence electrons. The summed E-state index contributed by atoms with van der Waals surface area (Å²) in [6.45, 7) is 4.05. The highest BCUT2D eigenvalue weighted by atomic mass is 19.3. The van der Waals surface area contributed by atoms with Gasteiger partial charge >= 0.3 is 24.7 Å². The fraction of sp³-hybridized carbons (Fsp3) is 0.667. The minimum absolute atomic E-state index is 0.317. The molecule has 0 saturated carbocycles. The minimum atomic E-state index is -4.20. The normalized spacial score (nSPS) is 14.4. The molecule has 0 aliphatic carbocycles. The third-order valence-electron chi connectivity index (χ3n) is 4.67. The average molecular weight is 390 g/mol. The maximum Gasteiger partial charge on any atom is 0.312 e. The molecular formula is C18H22F8. The highest BCUT2D eigenvalue weighted by Gasteiger charge is 2.55. The van der Waals surface area contributed by atoms with Crippen molar-refractivity contribution in [3.05, 3.63) is 35.4 Å². The largest absolute Gasteiger partial charge is 0.312 e. The molecule has 0 bridgehead atoms. The van der Waals surface area contributed by atoms with Gasteiger partial charge in [0.2, 0.25) is 0 Å². The molecule has 1 aromatic carbocycles. The standard InChI is InChI=1S/C18H22F8/c1-15(2,17(23,24)13(19)20)9-11-5-7-12(8-6-11)10-16(3,4)18(25,26)14(21)22/h5-8,13-14H,9-10H2,1-4H3. The predicted octanol–water partition coefficient (Wildman–Crippen LogP) is 6.62. The highest BCUT2D eigenvalue weighted by molar-refractivity contribution is 5.25. The number of hydrogen-bond acceptors (Lipinski definition) is 0. The summed E-state index contributed by atoms with van der Waals surface area (Å²) in [5.41, 5.74) is -3.41. The number of alkyl halides is 8. The van der Waals surface area contributed by atoms with Crippen LogP contribution in [0, 0.1) is 10.8 Å². The Morgan fingerprint density at radius 2 is 0.846 bits per heavy atom. The van der Waals surface area contributed by atoms with Crippen molar-refractivity contribution in [3.63, 3.8) is 0 Å². The van der Waals surface area contributed by atoms with E-state index in [1.165, 1.54) is 24.3 Å². The lowest BCUT2D eigenvalue weighted by Crippen LogP contribution is -2.44.